The average molecular weight is 263 g/mol. The molecule has 0 unspecified atom stereocenters. The minimum Gasteiger partial charge on any atom is -0.406 e. The van der Waals surface area contributed by atoms with Crippen molar-refractivity contribution in [1.82, 2.24) is 0 Å². The van der Waals surface area contributed by atoms with Crippen molar-refractivity contribution in [3.05, 3.63) is 29.3 Å². The van der Waals surface area contributed by atoms with Gasteiger partial charge in [-0.15, -0.1) is 13.2 Å². The van der Waals surface area contributed by atoms with Crippen molar-refractivity contribution in [1.29, 1.82) is 0 Å². The number of halogens is 3. The number of hydrogen-bond donors (Lipinski definition) is 2. The van der Waals surface area contributed by atoms with Gasteiger partial charge < -0.3 is 15.6 Å². The van der Waals surface area contributed by atoms with Crippen molar-refractivity contribution in [3.63, 3.8) is 0 Å². The molecule has 3 nitrogen and oxygen atoms in total. The van der Waals surface area contributed by atoms with Crippen LogP contribution >= 0.6 is 0 Å². The summed E-state index contributed by atoms with van der Waals surface area (Å²) in [4.78, 5) is 0. The van der Waals surface area contributed by atoms with Crippen molar-refractivity contribution >= 4 is 0 Å². The maximum Gasteiger partial charge on any atom is 0.573 e. The molecule has 0 spiro atoms. The van der Waals surface area contributed by atoms with Crippen LogP contribution in [0.5, 0.6) is 5.75 Å². The van der Waals surface area contributed by atoms with Gasteiger partial charge in [0.2, 0.25) is 0 Å². The summed E-state index contributed by atoms with van der Waals surface area (Å²) in [5, 5.41) is 9.31. The van der Waals surface area contributed by atoms with Gasteiger partial charge in [0.05, 0.1) is 6.10 Å². The Kier molecular flexibility index (Phi) is 4.98. The molecule has 0 saturated carbocycles. The van der Waals surface area contributed by atoms with E-state index in [2.05, 4.69) is 4.74 Å². The smallest absolute Gasteiger partial charge is 0.406 e. The Bertz CT molecular complexity index is 393. The van der Waals surface area contributed by atoms with E-state index in [0.29, 0.717) is 24.0 Å². The second kappa shape index (κ2) is 6.06. The van der Waals surface area contributed by atoms with Crippen LogP contribution in [0, 0.1) is 6.92 Å². The second-order valence-electron chi connectivity index (χ2n) is 4.13. The molecule has 18 heavy (non-hydrogen) atoms. The molecule has 0 aliphatic heterocycles. The van der Waals surface area contributed by atoms with Gasteiger partial charge in [0.15, 0.2) is 0 Å². The Labute approximate surface area is 103 Å². The number of nitrogens with two attached hydrogens (primary N) is 1. The molecular formula is C12H16F3NO2. The van der Waals surface area contributed by atoms with E-state index in [9.17, 15) is 18.3 Å². The fourth-order valence-corrected chi connectivity index (χ4v) is 1.61. The zero-order valence-electron chi connectivity index (χ0n) is 10.00. The monoisotopic (exact) mass is 263 g/mol. The van der Waals surface area contributed by atoms with E-state index in [1.807, 2.05) is 0 Å². The quantitative estimate of drug-likeness (QED) is 0.855. The normalized spacial score (nSPS) is 13.4. The van der Waals surface area contributed by atoms with Crippen LogP contribution in [0.3, 0.4) is 0 Å². The molecule has 0 aliphatic rings. The third-order valence-corrected chi connectivity index (χ3v) is 2.38. The zero-order valence-corrected chi connectivity index (χ0v) is 10.00. The largest absolute Gasteiger partial charge is 0.573 e. The number of rotatable bonds is 5. The van der Waals surface area contributed by atoms with Crippen molar-refractivity contribution in [2.45, 2.75) is 32.2 Å². The van der Waals surface area contributed by atoms with Gasteiger partial charge in [-0.25, -0.2) is 0 Å². The van der Waals surface area contributed by atoms with Crippen molar-refractivity contribution in [2.75, 3.05) is 6.54 Å². The highest BCUT2D eigenvalue weighted by Crippen LogP contribution is 2.25. The maximum absolute atomic E-state index is 12.1. The lowest BCUT2D eigenvalue weighted by Crippen LogP contribution is -2.20. The minimum absolute atomic E-state index is 0.137. The molecule has 1 rings (SSSR count). The van der Waals surface area contributed by atoms with Crippen LogP contribution in [0.25, 0.3) is 0 Å². The predicted octanol–water partition coefficient (Wildman–Crippen LogP) is 2.15. The minimum atomic E-state index is -4.69. The van der Waals surface area contributed by atoms with Crippen LogP contribution in [0.2, 0.25) is 0 Å². The number of ether oxygens (including phenoxy) is 1. The highest BCUT2D eigenvalue weighted by atomic mass is 19.4. The summed E-state index contributed by atoms with van der Waals surface area (Å²) in [5.41, 5.74) is 6.61. The lowest BCUT2D eigenvalue weighted by atomic mass is 10.0. The molecule has 0 aliphatic carbocycles. The summed E-state index contributed by atoms with van der Waals surface area (Å²) in [7, 11) is 0. The van der Waals surface area contributed by atoms with Gasteiger partial charge in [0.25, 0.3) is 0 Å². The molecule has 102 valence electrons. The lowest BCUT2D eigenvalue weighted by molar-refractivity contribution is -0.274. The topological polar surface area (TPSA) is 55.5 Å². The fourth-order valence-electron chi connectivity index (χ4n) is 1.61. The first-order chi connectivity index (χ1) is 8.30. The molecule has 0 aromatic heterocycles. The number of hydrogen-bond acceptors (Lipinski definition) is 3. The number of alkyl halides is 3. The van der Waals surface area contributed by atoms with Crippen LogP contribution in [-0.4, -0.2) is 24.1 Å². The Hall–Kier alpha value is -1.27. The molecule has 6 heteroatoms. The zero-order chi connectivity index (χ0) is 13.8. The first-order valence-corrected chi connectivity index (χ1v) is 5.54. The highest BCUT2D eigenvalue weighted by molar-refractivity contribution is 5.34. The van der Waals surface area contributed by atoms with Crippen molar-refractivity contribution in [2.24, 2.45) is 5.73 Å². The lowest BCUT2D eigenvalue weighted by Gasteiger charge is -2.12. The van der Waals surface area contributed by atoms with Gasteiger partial charge in [-0.1, -0.05) is 6.07 Å². The fraction of sp³-hybridized carbons (Fsp3) is 0.500. The average Bonchev–Trinajstić information content (AvgIpc) is 2.22. The molecule has 0 fully saturated rings. The molecule has 0 heterocycles. The number of aryl methyl sites for hydroxylation is 2. The van der Waals surface area contributed by atoms with Gasteiger partial charge in [0, 0.05) is 6.54 Å². The SMILES string of the molecule is Cc1cc(CC[C@@H](O)CN)cc(OC(F)(F)F)c1. The molecular weight excluding hydrogens is 247 g/mol. The molecule has 3 N–H and O–H groups in total. The first kappa shape index (κ1) is 14.8. The number of aliphatic hydroxyl groups excluding tert-OH is 1. The second-order valence-corrected chi connectivity index (χ2v) is 4.13. The molecule has 1 atom stereocenters. The summed E-state index contributed by atoms with van der Waals surface area (Å²) in [6.07, 6.45) is -4.47. The first-order valence-electron chi connectivity index (χ1n) is 5.54. The van der Waals surface area contributed by atoms with E-state index < -0.39 is 12.5 Å². The van der Waals surface area contributed by atoms with E-state index in [1.54, 1.807) is 13.0 Å². The van der Waals surface area contributed by atoms with Gasteiger partial charge in [-0.3, -0.25) is 0 Å². The van der Waals surface area contributed by atoms with E-state index in [0.717, 1.165) is 0 Å². The maximum atomic E-state index is 12.1. The molecule has 0 amide bonds. The molecule has 0 radical (unpaired) electrons. The van der Waals surface area contributed by atoms with Gasteiger partial charge in [-0.2, -0.15) is 0 Å². The van der Waals surface area contributed by atoms with Crippen LogP contribution < -0.4 is 10.5 Å². The molecule has 0 bridgehead atoms. The van der Waals surface area contributed by atoms with Crippen LogP contribution in [-0.2, 0) is 6.42 Å². The Morgan fingerprint density at radius 2 is 2.00 bits per heavy atom. The van der Waals surface area contributed by atoms with Crippen LogP contribution in [0.15, 0.2) is 18.2 Å². The number of benzene rings is 1. The number of aliphatic hydroxyl groups is 1. The third kappa shape index (κ3) is 5.37. The summed E-state index contributed by atoms with van der Waals surface area (Å²) >= 11 is 0. The third-order valence-electron chi connectivity index (χ3n) is 2.38. The molecule has 0 saturated heterocycles. The van der Waals surface area contributed by atoms with Crippen LogP contribution in [0.1, 0.15) is 17.5 Å². The standard InChI is InChI=1S/C12H16F3NO2/c1-8-4-9(2-3-10(17)7-16)6-11(5-8)18-12(13,14)15/h4-6,10,17H,2-3,7,16H2,1H3/t10-/m1/s1. The summed E-state index contributed by atoms with van der Waals surface area (Å²) in [5.74, 6) is -0.236. The Morgan fingerprint density at radius 3 is 2.56 bits per heavy atom. The van der Waals surface area contributed by atoms with E-state index >= 15 is 0 Å². The van der Waals surface area contributed by atoms with E-state index in [-0.39, 0.29) is 12.3 Å². The summed E-state index contributed by atoms with van der Waals surface area (Å²) in [6.45, 7) is 1.82. The molecule has 1 aromatic carbocycles. The van der Waals surface area contributed by atoms with E-state index in [1.165, 1.54) is 12.1 Å². The predicted molar refractivity (Wildman–Crippen MR) is 61.2 cm³/mol. The molecule has 1 aromatic rings. The summed E-state index contributed by atoms with van der Waals surface area (Å²) in [6, 6.07) is 4.40. The van der Waals surface area contributed by atoms with Crippen molar-refractivity contribution < 1.29 is 23.0 Å². The van der Waals surface area contributed by atoms with Crippen molar-refractivity contribution in [3.8, 4) is 5.75 Å². The van der Waals surface area contributed by atoms with Gasteiger partial charge in [-0.05, 0) is 43.0 Å². The van der Waals surface area contributed by atoms with Gasteiger partial charge in [0.1, 0.15) is 5.75 Å². The van der Waals surface area contributed by atoms with E-state index in [4.69, 9.17) is 5.73 Å². The Morgan fingerprint density at radius 1 is 1.33 bits per heavy atom. The van der Waals surface area contributed by atoms with Crippen LogP contribution in [0.4, 0.5) is 13.2 Å². The summed E-state index contributed by atoms with van der Waals surface area (Å²) < 4.78 is 40.2. The van der Waals surface area contributed by atoms with Gasteiger partial charge >= 0.3 is 6.36 Å². The Balaban J connectivity index is 2.74. The highest BCUT2D eigenvalue weighted by Gasteiger charge is 2.31.